The van der Waals surface area contributed by atoms with E-state index in [-0.39, 0.29) is 12.2 Å². The van der Waals surface area contributed by atoms with E-state index < -0.39 is 17.5 Å². The summed E-state index contributed by atoms with van der Waals surface area (Å²) < 4.78 is 44.2. The van der Waals surface area contributed by atoms with Gasteiger partial charge in [0.15, 0.2) is 11.6 Å². The van der Waals surface area contributed by atoms with E-state index >= 15 is 0 Å². The Morgan fingerprint density at radius 1 is 1.16 bits per heavy atom. The van der Waals surface area contributed by atoms with Gasteiger partial charge in [-0.25, -0.2) is 18.2 Å². The number of nitrogens with zero attached hydrogens (tertiary/aromatic N) is 1. The molecule has 0 aliphatic heterocycles. The number of halogens is 3. The maximum Gasteiger partial charge on any atom is 0.218 e. The highest BCUT2D eigenvalue weighted by Crippen LogP contribution is 2.21. The fraction of sp³-hybridized carbons (Fsp3) is 0.154. The summed E-state index contributed by atoms with van der Waals surface area (Å²) >= 11 is 0. The number of rotatable bonds is 4. The first-order chi connectivity index (χ1) is 9.11. The van der Waals surface area contributed by atoms with Crippen LogP contribution < -0.4 is 10.1 Å². The summed E-state index contributed by atoms with van der Waals surface area (Å²) in [5, 5.41) is 2.67. The Hall–Kier alpha value is -2.24. The molecular formula is C13H11F3N2O. The molecule has 0 saturated carbocycles. The molecule has 6 heteroatoms. The van der Waals surface area contributed by atoms with Crippen molar-refractivity contribution in [3.63, 3.8) is 0 Å². The van der Waals surface area contributed by atoms with Crippen molar-refractivity contribution in [1.82, 2.24) is 4.98 Å². The number of hydrogen-bond acceptors (Lipinski definition) is 3. The SMILES string of the molecule is COc1ncccc1CNc1cc(F)c(F)cc1F. The molecule has 2 aromatic rings. The van der Waals surface area contributed by atoms with Gasteiger partial charge in [0.25, 0.3) is 0 Å². The largest absolute Gasteiger partial charge is 0.481 e. The Morgan fingerprint density at radius 3 is 2.63 bits per heavy atom. The molecule has 0 aliphatic carbocycles. The molecule has 0 radical (unpaired) electrons. The Morgan fingerprint density at radius 2 is 1.89 bits per heavy atom. The fourth-order valence-electron chi connectivity index (χ4n) is 1.59. The number of ether oxygens (including phenoxy) is 1. The number of methoxy groups -OCH3 is 1. The molecule has 0 fully saturated rings. The van der Waals surface area contributed by atoms with Crippen molar-refractivity contribution in [1.29, 1.82) is 0 Å². The Kier molecular flexibility index (Phi) is 3.89. The summed E-state index contributed by atoms with van der Waals surface area (Å²) in [5.74, 6) is -2.80. The molecule has 2 rings (SSSR count). The lowest BCUT2D eigenvalue weighted by atomic mass is 10.2. The first kappa shape index (κ1) is 13.2. The van der Waals surface area contributed by atoms with Gasteiger partial charge in [0, 0.05) is 30.4 Å². The molecule has 0 spiro atoms. The van der Waals surface area contributed by atoms with Crippen LogP contribution in [-0.2, 0) is 6.54 Å². The van der Waals surface area contributed by atoms with E-state index in [1.54, 1.807) is 18.3 Å². The van der Waals surface area contributed by atoms with Gasteiger partial charge in [-0.15, -0.1) is 0 Å². The summed E-state index contributed by atoms with van der Waals surface area (Å²) in [6.07, 6.45) is 1.56. The third-order valence-corrected chi connectivity index (χ3v) is 2.52. The van der Waals surface area contributed by atoms with Crippen molar-refractivity contribution in [2.24, 2.45) is 0 Å². The lowest BCUT2D eigenvalue weighted by Crippen LogP contribution is -2.05. The highest BCUT2D eigenvalue weighted by molar-refractivity contribution is 5.46. The van der Waals surface area contributed by atoms with Crippen molar-refractivity contribution in [2.45, 2.75) is 6.54 Å². The van der Waals surface area contributed by atoms with Crippen LogP contribution >= 0.6 is 0 Å². The number of pyridine rings is 1. The molecule has 0 aliphatic rings. The molecule has 0 saturated heterocycles. The Bertz CT molecular complexity index is 590. The predicted octanol–water partition coefficient (Wildman–Crippen LogP) is 3.12. The lowest BCUT2D eigenvalue weighted by molar-refractivity contribution is 0.393. The van der Waals surface area contributed by atoms with Crippen LogP contribution in [0.4, 0.5) is 18.9 Å². The molecule has 1 N–H and O–H groups in total. The molecule has 19 heavy (non-hydrogen) atoms. The van der Waals surface area contributed by atoms with Crippen LogP contribution in [0, 0.1) is 17.5 Å². The second kappa shape index (κ2) is 5.60. The quantitative estimate of drug-likeness (QED) is 0.865. The number of benzene rings is 1. The number of nitrogens with one attached hydrogen (secondary N) is 1. The minimum Gasteiger partial charge on any atom is -0.481 e. The number of hydrogen-bond donors (Lipinski definition) is 1. The first-order valence-corrected chi connectivity index (χ1v) is 5.48. The van der Waals surface area contributed by atoms with Gasteiger partial charge in [-0.05, 0) is 6.07 Å². The van der Waals surface area contributed by atoms with Crippen molar-refractivity contribution < 1.29 is 17.9 Å². The molecule has 0 bridgehead atoms. The van der Waals surface area contributed by atoms with E-state index in [2.05, 4.69) is 10.3 Å². The zero-order valence-electron chi connectivity index (χ0n) is 10.1. The number of anilines is 1. The zero-order valence-corrected chi connectivity index (χ0v) is 10.1. The maximum atomic E-state index is 13.4. The average molecular weight is 268 g/mol. The monoisotopic (exact) mass is 268 g/mol. The molecule has 1 aromatic carbocycles. The first-order valence-electron chi connectivity index (χ1n) is 5.48. The van der Waals surface area contributed by atoms with E-state index in [0.717, 1.165) is 6.07 Å². The van der Waals surface area contributed by atoms with Crippen molar-refractivity contribution in [2.75, 3.05) is 12.4 Å². The second-order valence-corrected chi connectivity index (χ2v) is 3.77. The van der Waals surface area contributed by atoms with Crippen molar-refractivity contribution >= 4 is 5.69 Å². The van der Waals surface area contributed by atoms with E-state index in [9.17, 15) is 13.2 Å². The summed E-state index contributed by atoms with van der Waals surface area (Å²) in [6, 6.07) is 4.70. The van der Waals surface area contributed by atoms with E-state index in [1.165, 1.54) is 7.11 Å². The maximum absolute atomic E-state index is 13.4. The van der Waals surface area contributed by atoms with Gasteiger partial charge in [0.2, 0.25) is 5.88 Å². The van der Waals surface area contributed by atoms with Crippen LogP contribution in [0.5, 0.6) is 5.88 Å². The molecule has 100 valence electrons. The molecule has 0 unspecified atom stereocenters. The van der Waals surface area contributed by atoms with E-state index in [0.29, 0.717) is 17.5 Å². The number of aromatic nitrogens is 1. The highest BCUT2D eigenvalue weighted by atomic mass is 19.2. The smallest absolute Gasteiger partial charge is 0.218 e. The Balaban J connectivity index is 2.17. The normalized spacial score (nSPS) is 10.3. The summed E-state index contributed by atoms with van der Waals surface area (Å²) in [4.78, 5) is 3.97. The predicted molar refractivity (Wildman–Crippen MR) is 64.4 cm³/mol. The Labute approximate surface area is 108 Å². The van der Waals surface area contributed by atoms with Gasteiger partial charge in [-0.1, -0.05) is 6.07 Å². The molecule has 1 heterocycles. The summed E-state index contributed by atoms with van der Waals surface area (Å²) in [6.45, 7) is 0.180. The van der Waals surface area contributed by atoms with Crippen molar-refractivity contribution in [3.8, 4) is 5.88 Å². The fourth-order valence-corrected chi connectivity index (χ4v) is 1.59. The van der Waals surface area contributed by atoms with Crippen LogP contribution in [0.1, 0.15) is 5.56 Å². The van der Waals surface area contributed by atoms with Crippen LogP contribution in [0.25, 0.3) is 0 Å². The second-order valence-electron chi connectivity index (χ2n) is 3.77. The summed E-state index contributed by atoms with van der Waals surface area (Å²) in [7, 11) is 1.46. The van der Waals surface area contributed by atoms with Crippen LogP contribution in [0.2, 0.25) is 0 Å². The molecule has 0 atom stereocenters. The molecule has 0 amide bonds. The van der Waals surface area contributed by atoms with Crippen LogP contribution in [0.3, 0.4) is 0 Å². The van der Waals surface area contributed by atoms with Gasteiger partial charge in [0.1, 0.15) is 5.82 Å². The standard InChI is InChI=1S/C13H11F3N2O/c1-19-13-8(3-2-4-17-13)7-18-12-6-10(15)9(14)5-11(12)16/h2-6,18H,7H2,1H3. The molecule has 3 nitrogen and oxygen atoms in total. The third kappa shape index (κ3) is 2.96. The van der Waals surface area contributed by atoms with Crippen LogP contribution in [-0.4, -0.2) is 12.1 Å². The third-order valence-electron chi connectivity index (χ3n) is 2.52. The van der Waals surface area contributed by atoms with Gasteiger partial charge >= 0.3 is 0 Å². The van der Waals surface area contributed by atoms with Crippen LogP contribution in [0.15, 0.2) is 30.5 Å². The van der Waals surface area contributed by atoms with Crippen molar-refractivity contribution in [3.05, 3.63) is 53.5 Å². The van der Waals surface area contributed by atoms with Gasteiger partial charge in [-0.3, -0.25) is 0 Å². The average Bonchev–Trinajstić information content (AvgIpc) is 2.41. The molecular weight excluding hydrogens is 257 g/mol. The molecule has 1 aromatic heterocycles. The van der Waals surface area contributed by atoms with Gasteiger partial charge in [-0.2, -0.15) is 0 Å². The highest BCUT2D eigenvalue weighted by Gasteiger charge is 2.10. The topological polar surface area (TPSA) is 34.1 Å². The van der Waals surface area contributed by atoms with Gasteiger partial charge in [0.05, 0.1) is 12.8 Å². The minimum atomic E-state index is -1.22. The van der Waals surface area contributed by atoms with Gasteiger partial charge < -0.3 is 10.1 Å². The van der Waals surface area contributed by atoms with E-state index in [1.807, 2.05) is 0 Å². The minimum absolute atomic E-state index is 0.121. The lowest BCUT2D eigenvalue weighted by Gasteiger charge is -2.10. The zero-order chi connectivity index (χ0) is 13.8. The van der Waals surface area contributed by atoms with E-state index in [4.69, 9.17) is 4.74 Å². The summed E-state index contributed by atoms with van der Waals surface area (Å²) in [5.41, 5.74) is 0.555.